The molecule has 1 aromatic carbocycles. The summed E-state index contributed by atoms with van der Waals surface area (Å²) in [6, 6.07) is 5.94. The topological polar surface area (TPSA) is 58.4 Å². The lowest BCUT2D eigenvalue weighted by Crippen LogP contribution is -2.43. The molecule has 1 atom stereocenters. The molecule has 1 aromatic rings. The van der Waals surface area contributed by atoms with Gasteiger partial charge < -0.3 is 11.1 Å². The smallest absolute Gasteiger partial charge is 0.224 e. The van der Waals surface area contributed by atoms with Gasteiger partial charge in [-0.1, -0.05) is 33.6 Å². The quantitative estimate of drug-likeness (QED) is 0.784. The van der Waals surface area contributed by atoms with Gasteiger partial charge >= 0.3 is 0 Å². The minimum Gasteiger partial charge on any atom is -0.355 e. The Morgan fingerprint density at radius 2 is 2.27 bits per heavy atom. The van der Waals surface area contributed by atoms with E-state index in [0.29, 0.717) is 13.1 Å². The predicted molar refractivity (Wildman–Crippen MR) is 96.5 cm³/mol. The maximum absolute atomic E-state index is 12.0. The molecule has 0 bridgehead atoms. The van der Waals surface area contributed by atoms with Gasteiger partial charge in [-0.3, -0.25) is 9.69 Å². The summed E-state index contributed by atoms with van der Waals surface area (Å²) < 4.78 is 0.980. The van der Waals surface area contributed by atoms with Gasteiger partial charge in [0.2, 0.25) is 5.91 Å². The molecule has 0 radical (unpaired) electrons. The number of nitrogens with zero attached hydrogens (tertiary/aromatic N) is 1. The number of hydrogen-bond acceptors (Lipinski definition) is 3. The maximum atomic E-state index is 12.0. The molecule has 1 unspecified atom stereocenters. The third-order valence-electron chi connectivity index (χ3n) is 3.73. The highest BCUT2D eigenvalue weighted by atomic mass is 79.9. The lowest BCUT2D eigenvalue weighted by Gasteiger charge is -2.32. The second kappa shape index (κ2) is 9.73. The number of rotatable bonds is 5. The molecular formula is C15H22BrCl2N3O. The molecule has 22 heavy (non-hydrogen) atoms. The Morgan fingerprint density at radius 3 is 2.95 bits per heavy atom. The molecule has 0 aromatic heterocycles. The molecule has 1 fully saturated rings. The van der Waals surface area contributed by atoms with E-state index < -0.39 is 0 Å². The van der Waals surface area contributed by atoms with Crippen molar-refractivity contribution in [2.24, 2.45) is 11.7 Å². The van der Waals surface area contributed by atoms with Crippen LogP contribution >= 0.6 is 39.9 Å². The lowest BCUT2D eigenvalue weighted by molar-refractivity contribution is -0.126. The minimum absolute atomic E-state index is 0. The number of hydrogen-bond donors (Lipinski definition) is 2. The van der Waals surface area contributed by atoms with Crippen LogP contribution in [0.1, 0.15) is 18.4 Å². The second-order valence-electron chi connectivity index (χ2n) is 5.39. The predicted octanol–water partition coefficient (Wildman–Crippen LogP) is 2.81. The summed E-state index contributed by atoms with van der Waals surface area (Å²) in [5.74, 6) is 0.173. The first-order valence-corrected chi connectivity index (χ1v) is 8.41. The summed E-state index contributed by atoms with van der Waals surface area (Å²) in [6.45, 7) is 3.60. The molecule has 1 aliphatic heterocycles. The van der Waals surface area contributed by atoms with Crippen molar-refractivity contribution in [1.29, 1.82) is 0 Å². The highest BCUT2D eigenvalue weighted by Crippen LogP contribution is 2.25. The molecule has 7 heteroatoms. The molecule has 124 valence electrons. The van der Waals surface area contributed by atoms with Crippen molar-refractivity contribution in [3.8, 4) is 0 Å². The fraction of sp³-hybridized carbons (Fsp3) is 0.533. The van der Waals surface area contributed by atoms with Crippen LogP contribution in [0.3, 0.4) is 0 Å². The van der Waals surface area contributed by atoms with Crippen molar-refractivity contribution in [3.63, 3.8) is 0 Å². The number of nitrogens with one attached hydrogen (secondary N) is 1. The summed E-state index contributed by atoms with van der Waals surface area (Å²) in [5.41, 5.74) is 6.52. The Labute approximate surface area is 151 Å². The first-order valence-electron chi connectivity index (χ1n) is 7.24. The molecule has 0 saturated carbocycles. The number of nitrogens with two attached hydrogens (primary N) is 1. The van der Waals surface area contributed by atoms with Crippen LogP contribution in [-0.2, 0) is 11.3 Å². The van der Waals surface area contributed by atoms with Crippen LogP contribution in [0.15, 0.2) is 22.7 Å². The van der Waals surface area contributed by atoms with E-state index in [1.54, 1.807) is 0 Å². The Kier molecular flexibility index (Phi) is 8.72. The first-order chi connectivity index (χ1) is 10.1. The van der Waals surface area contributed by atoms with Gasteiger partial charge in [-0.05, 0) is 37.1 Å². The summed E-state index contributed by atoms with van der Waals surface area (Å²) in [6.07, 6.45) is 1.98. The molecular weight excluding hydrogens is 389 g/mol. The summed E-state index contributed by atoms with van der Waals surface area (Å²) in [5, 5.41) is 3.65. The van der Waals surface area contributed by atoms with Crippen LogP contribution in [0.5, 0.6) is 0 Å². The summed E-state index contributed by atoms with van der Waals surface area (Å²) in [7, 11) is 0. The van der Waals surface area contributed by atoms with E-state index in [0.717, 1.165) is 47.5 Å². The standard InChI is InChI=1S/C15H21BrClN3O.ClH/c16-13-4-3-11(14(17)8-13)9-20-7-1-2-12(10-20)15(21)19-6-5-18;/h3-4,8,12H,1-2,5-7,9-10,18H2,(H,19,21);1H. The van der Waals surface area contributed by atoms with Gasteiger partial charge in [-0.2, -0.15) is 0 Å². The SMILES string of the molecule is Cl.NCCNC(=O)C1CCCN(Cc2ccc(Br)cc2Cl)C1. The lowest BCUT2D eigenvalue weighted by atomic mass is 9.96. The van der Waals surface area contributed by atoms with Gasteiger partial charge in [0.15, 0.2) is 0 Å². The third-order valence-corrected chi connectivity index (χ3v) is 4.57. The minimum atomic E-state index is 0. The Balaban J connectivity index is 0.00000242. The Morgan fingerprint density at radius 1 is 1.50 bits per heavy atom. The molecule has 1 amide bonds. The van der Waals surface area contributed by atoms with Crippen molar-refractivity contribution >= 4 is 45.8 Å². The van der Waals surface area contributed by atoms with Crippen LogP contribution in [0.2, 0.25) is 5.02 Å². The van der Waals surface area contributed by atoms with Crippen LogP contribution in [0.25, 0.3) is 0 Å². The molecule has 3 N–H and O–H groups in total. The van der Waals surface area contributed by atoms with Crippen LogP contribution in [-0.4, -0.2) is 37.0 Å². The number of halogens is 3. The molecule has 1 heterocycles. The second-order valence-corrected chi connectivity index (χ2v) is 6.71. The average Bonchev–Trinajstić information content (AvgIpc) is 2.48. The average molecular weight is 411 g/mol. The molecule has 4 nitrogen and oxygen atoms in total. The number of benzene rings is 1. The van der Waals surface area contributed by atoms with Gasteiger partial charge in [-0.25, -0.2) is 0 Å². The van der Waals surface area contributed by atoms with Crippen molar-refractivity contribution in [2.45, 2.75) is 19.4 Å². The molecule has 0 aliphatic carbocycles. The van der Waals surface area contributed by atoms with Crippen molar-refractivity contribution in [3.05, 3.63) is 33.3 Å². The van der Waals surface area contributed by atoms with E-state index in [1.807, 2.05) is 18.2 Å². The molecule has 2 rings (SSSR count). The highest BCUT2D eigenvalue weighted by molar-refractivity contribution is 9.10. The van der Waals surface area contributed by atoms with E-state index in [1.165, 1.54) is 0 Å². The molecule has 0 spiro atoms. The number of piperidine rings is 1. The van der Waals surface area contributed by atoms with E-state index in [2.05, 4.69) is 26.1 Å². The van der Waals surface area contributed by atoms with Gasteiger partial charge in [0.1, 0.15) is 0 Å². The van der Waals surface area contributed by atoms with Crippen molar-refractivity contribution in [1.82, 2.24) is 10.2 Å². The summed E-state index contributed by atoms with van der Waals surface area (Å²) in [4.78, 5) is 14.3. The number of carbonyl (C=O) groups is 1. The molecule has 1 aliphatic rings. The van der Waals surface area contributed by atoms with Gasteiger partial charge in [0, 0.05) is 35.7 Å². The van der Waals surface area contributed by atoms with Crippen molar-refractivity contribution < 1.29 is 4.79 Å². The van der Waals surface area contributed by atoms with Crippen LogP contribution in [0, 0.1) is 5.92 Å². The fourth-order valence-corrected chi connectivity index (χ4v) is 3.38. The van der Waals surface area contributed by atoms with Crippen LogP contribution < -0.4 is 11.1 Å². The third kappa shape index (κ3) is 5.70. The Bertz CT molecular complexity index is 502. The largest absolute Gasteiger partial charge is 0.355 e. The first kappa shape index (κ1) is 19.7. The monoisotopic (exact) mass is 409 g/mol. The van der Waals surface area contributed by atoms with Gasteiger partial charge in [0.25, 0.3) is 0 Å². The zero-order valence-electron chi connectivity index (χ0n) is 12.4. The van der Waals surface area contributed by atoms with E-state index in [4.69, 9.17) is 17.3 Å². The number of carbonyl (C=O) groups excluding carboxylic acids is 1. The normalized spacial score (nSPS) is 18.6. The van der Waals surface area contributed by atoms with E-state index in [9.17, 15) is 4.79 Å². The van der Waals surface area contributed by atoms with E-state index in [-0.39, 0.29) is 24.2 Å². The number of amides is 1. The highest BCUT2D eigenvalue weighted by Gasteiger charge is 2.25. The zero-order chi connectivity index (χ0) is 15.2. The van der Waals surface area contributed by atoms with Crippen LogP contribution in [0.4, 0.5) is 0 Å². The maximum Gasteiger partial charge on any atom is 0.224 e. The Hall–Kier alpha value is -0.330. The zero-order valence-corrected chi connectivity index (χ0v) is 15.5. The number of likely N-dealkylation sites (tertiary alicyclic amines) is 1. The molecule has 1 saturated heterocycles. The van der Waals surface area contributed by atoms with Crippen molar-refractivity contribution in [2.75, 3.05) is 26.2 Å². The van der Waals surface area contributed by atoms with Gasteiger partial charge in [-0.15, -0.1) is 12.4 Å². The fourth-order valence-electron chi connectivity index (χ4n) is 2.64. The van der Waals surface area contributed by atoms with E-state index >= 15 is 0 Å². The summed E-state index contributed by atoms with van der Waals surface area (Å²) >= 11 is 9.68. The van der Waals surface area contributed by atoms with Gasteiger partial charge in [0.05, 0.1) is 5.92 Å².